The third kappa shape index (κ3) is 6.88. The number of anilines is 2. The van der Waals surface area contributed by atoms with Crippen LogP contribution < -0.4 is 15.5 Å². The topological polar surface area (TPSA) is 90.5 Å². The van der Waals surface area contributed by atoms with Gasteiger partial charge in [0.25, 0.3) is 0 Å². The van der Waals surface area contributed by atoms with Gasteiger partial charge in [-0.1, -0.05) is 41.0 Å². The van der Waals surface area contributed by atoms with Crippen LogP contribution in [-0.4, -0.2) is 64.3 Å². The molecule has 0 saturated carbocycles. The third-order valence-electron chi connectivity index (χ3n) is 4.73. The zero-order valence-electron chi connectivity index (χ0n) is 18.1. The fraction of sp³-hybridized carbons (Fsp3) is 0.429. The summed E-state index contributed by atoms with van der Waals surface area (Å²) in [6.45, 7) is 7.51. The first-order valence-corrected chi connectivity index (χ1v) is 12.0. The Morgan fingerprint density at radius 2 is 2.00 bits per heavy atom. The minimum absolute atomic E-state index is 0.0513. The Kier molecular flexibility index (Phi) is 8.44. The van der Waals surface area contributed by atoms with Crippen molar-refractivity contribution in [1.82, 2.24) is 20.2 Å². The normalized spacial score (nSPS) is 16.2. The lowest BCUT2D eigenvalue weighted by molar-refractivity contribution is -0.119. The first-order valence-electron chi connectivity index (χ1n) is 10.3. The second-order valence-corrected chi connectivity index (χ2v) is 9.54. The van der Waals surface area contributed by atoms with Crippen molar-refractivity contribution >= 4 is 58.4 Å². The van der Waals surface area contributed by atoms with Crippen molar-refractivity contribution in [3.8, 4) is 0 Å². The van der Waals surface area contributed by atoms with E-state index in [0.29, 0.717) is 46.5 Å². The predicted molar refractivity (Wildman–Crippen MR) is 130 cm³/mol. The van der Waals surface area contributed by atoms with Gasteiger partial charge >= 0.3 is 6.03 Å². The van der Waals surface area contributed by atoms with Crippen LogP contribution >= 0.6 is 35.0 Å². The third-order valence-corrected chi connectivity index (χ3v) is 6.01. The second-order valence-electron chi connectivity index (χ2n) is 7.77. The molecule has 1 saturated heterocycles. The Labute approximate surface area is 202 Å². The summed E-state index contributed by atoms with van der Waals surface area (Å²) < 4.78 is 0. The molecule has 1 atom stereocenters. The van der Waals surface area contributed by atoms with Crippen LogP contribution in [-0.2, 0) is 4.79 Å². The maximum Gasteiger partial charge on any atom is 0.322 e. The molecular weight excluding hydrogens is 471 g/mol. The molecule has 1 aliphatic rings. The quantitative estimate of drug-likeness (QED) is 0.354. The van der Waals surface area contributed by atoms with Gasteiger partial charge in [0, 0.05) is 48.5 Å². The number of thioether (sulfide) groups is 1. The summed E-state index contributed by atoms with van der Waals surface area (Å²) in [5, 5.41) is 7.06. The molecule has 2 N–H and O–H groups in total. The lowest BCUT2D eigenvalue weighted by Gasteiger charge is -2.40. The van der Waals surface area contributed by atoms with Crippen LogP contribution in [0.4, 0.5) is 16.3 Å². The highest BCUT2D eigenvalue weighted by atomic mass is 35.5. The van der Waals surface area contributed by atoms with E-state index in [-0.39, 0.29) is 29.8 Å². The van der Waals surface area contributed by atoms with E-state index in [1.165, 1.54) is 11.8 Å². The number of urea groups is 1. The fourth-order valence-corrected chi connectivity index (χ4v) is 4.42. The summed E-state index contributed by atoms with van der Waals surface area (Å²) >= 11 is 13.4. The second kappa shape index (κ2) is 11.1. The van der Waals surface area contributed by atoms with Crippen molar-refractivity contribution in [3.63, 3.8) is 0 Å². The monoisotopic (exact) mass is 496 g/mol. The standard InChI is InChI=1S/C21H26Cl2N6O2S/c1-13(2)24-19(30)12-32-20-26-17(23)10-18(27-20)28-7-8-29(14(3)11-28)21(31)25-16-6-4-5-15(22)9-16/h4-6,9-10,13-14H,7-8,11-12H2,1-3H3,(H,24,30)(H,25,31)/t14-/m1/s1. The van der Waals surface area contributed by atoms with E-state index in [2.05, 4.69) is 25.5 Å². The van der Waals surface area contributed by atoms with Crippen molar-refractivity contribution in [2.75, 3.05) is 35.6 Å². The number of rotatable bonds is 6. The highest BCUT2D eigenvalue weighted by Crippen LogP contribution is 2.24. The summed E-state index contributed by atoms with van der Waals surface area (Å²) in [5.41, 5.74) is 0.655. The molecule has 0 unspecified atom stereocenters. The molecular formula is C21H26Cl2N6O2S. The van der Waals surface area contributed by atoms with Crippen LogP contribution in [0.3, 0.4) is 0 Å². The zero-order chi connectivity index (χ0) is 23.3. The van der Waals surface area contributed by atoms with E-state index < -0.39 is 0 Å². The SMILES string of the molecule is CC(C)NC(=O)CSc1nc(Cl)cc(N2CCN(C(=O)Nc3cccc(Cl)c3)[C@H](C)C2)n1. The minimum atomic E-state index is -0.174. The molecule has 2 aromatic rings. The van der Waals surface area contributed by atoms with Gasteiger partial charge in [0.05, 0.1) is 5.75 Å². The molecule has 1 fully saturated rings. The maximum absolute atomic E-state index is 12.7. The molecule has 11 heteroatoms. The number of carbonyl (C=O) groups is 2. The van der Waals surface area contributed by atoms with E-state index in [0.717, 1.165) is 0 Å². The number of carbonyl (C=O) groups excluding carboxylic acids is 2. The smallest absolute Gasteiger partial charge is 0.322 e. The largest absolute Gasteiger partial charge is 0.353 e. The first kappa shape index (κ1) is 24.4. The summed E-state index contributed by atoms with van der Waals surface area (Å²) in [7, 11) is 0. The lowest BCUT2D eigenvalue weighted by Crippen LogP contribution is -2.55. The van der Waals surface area contributed by atoms with Gasteiger partial charge in [-0.3, -0.25) is 4.79 Å². The van der Waals surface area contributed by atoms with Crippen LogP contribution in [0.2, 0.25) is 10.2 Å². The maximum atomic E-state index is 12.7. The predicted octanol–water partition coefficient (Wildman–Crippen LogP) is 4.14. The van der Waals surface area contributed by atoms with Gasteiger partial charge in [-0.25, -0.2) is 14.8 Å². The van der Waals surface area contributed by atoms with Crippen LogP contribution in [0, 0.1) is 0 Å². The number of benzene rings is 1. The van der Waals surface area contributed by atoms with Gasteiger partial charge in [-0.15, -0.1) is 0 Å². The number of hydrogen-bond donors (Lipinski definition) is 2. The molecule has 3 amide bonds. The molecule has 0 bridgehead atoms. The fourth-order valence-electron chi connectivity index (χ4n) is 3.33. The summed E-state index contributed by atoms with van der Waals surface area (Å²) in [6, 6.07) is 8.62. The molecule has 0 radical (unpaired) electrons. The number of halogens is 2. The van der Waals surface area contributed by atoms with Gasteiger partial charge in [0.15, 0.2) is 5.16 Å². The number of aromatic nitrogens is 2. The molecule has 172 valence electrons. The first-order chi connectivity index (χ1) is 15.2. The molecule has 1 aromatic heterocycles. The number of nitrogens with one attached hydrogen (secondary N) is 2. The van der Waals surface area contributed by atoms with Crippen LogP contribution in [0.25, 0.3) is 0 Å². The summed E-state index contributed by atoms with van der Waals surface area (Å²) in [6.07, 6.45) is 0. The van der Waals surface area contributed by atoms with Crippen LogP contribution in [0.15, 0.2) is 35.5 Å². The van der Waals surface area contributed by atoms with Crippen molar-refractivity contribution in [2.24, 2.45) is 0 Å². The number of piperazine rings is 1. The molecule has 1 aromatic carbocycles. The van der Waals surface area contributed by atoms with E-state index >= 15 is 0 Å². The Morgan fingerprint density at radius 1 is 1.22 bits per heavy atom. The molecule has 8 nitrogen and oxygen atoms in total. The Hall–Kier alpha value is -2.23. The van der Waals surface area contributed by atoms with Gasteiger partial charge < -0.3 is 20.4 Å². The van der Waals surface area contributed by atoms with Crippen LogP contribution in [0.1, 0.15) is 20.8 Å². The molecule has 0 spiro atoms. The summed E-state index contributed by atoms with van der Waals surface area (Å²) in [5.74, 6) is 0.813. The number of amides is 3. The molecule has 3 rings (SSSR count). The van der Waals surface area contributed by atoms with Crippen molar-refractivity contribution in [3.05, 3.63) is 40.5 Å². The molecule has 1 aliphatic heterocycles. The van der Waals surface area contributed by atoms with Crippen molar-refractivity contribution in [1.29, 1.82) is 0 Å². The van der Waals surface area contributed by atoms with Gasteiger partial charge in [0.1, 0.15) is 11.0 Å². The number of hydrogen-bond acceptors (Lipinski definition) is 6. The average molecular weight is 497 g/mol. The zero-order valence-corrected chi connectivity index (χ0v) is 20.5. The number of nitrogens with zero attached hydrogens (tertiary/aromatic N) is 4. The van der Waals surface area contributed by atoms with Gasteiger partial charge in [-0.2, -0.15) is 0 Å². The van der Waals surface area contributed by atoms with E-state index in [4.69, 9.17) is 23.2 Å². The Bertz CT molecular complexity index is 977. The minimum Gasteiger partial charge on any atom is -0.353 e. The molecule has 0 aliphatic carbocycles. The van der Waals surface area contributed by atoms with Gasteiger partial charge in [0.2, 0.25) is 5.91 Å². The lowest BCUT2D eigenvalue weighted by atomic mass is 10.2. The summed E-state index contributed by atoms with van der Waals surface area (Å²) in [4.78, 5) is 37.3. The van der Waals surface area contributed by atoms with Crippen LogP contribution in [0.5, 0.6) is 0 Å². The molecule has 2 heterocycles. The van der Waals surface area contributed by atoms with E-state index in [9.17, 15) is 9.59 Å². The van der Waals surface area contributed by atoms with Gasteiger partial charge in [-0.05, 0) is 39.0 Å². The van der Waals surface area contributed by atoms with E-state index in [1.807, 2.05) is 20.8 Å². The average Bonchev–Trinajstić information content (AvgIpc) is 2.71. The molecule has 32 heavy (non-hydrogen) atoms. The highest BCUT2D eigenvalue weighted by Gasteiger charge is 2.28. The Morgan fingerprint density at radius 3 is 2.69 bits per heavy atom. The van der Waals surface area contributed by atoms with Crippen molar-refractivity contribution < 1.29 is 9.59 Å². The Balaban J connectivity index is 1.61. The highest BCUT2D eigenvalue weighted by molar-refractivity contribution is 7.99. The van der Waals surface area contributed by atoms with Crippen molar-refractivity contribution in [2.45, 2.75) is 38.0 Å². The van der Waals surface area contributed by atoms with E-state index in [1.54, 1.807) is 35.2 Å².